The van der Waals surface area contributed by atoms with Crippen LogP contribution >= 0.6 is 11.3 Å². The fraction of sp³-hybridized carbons (Fsp3) is 0.0769. The van der Waals surface area contributed by atoms with Gasteiger partial charge >= 0.3 is 0 Å². The summed E-state index contributed by atoms with van der Waals surface area (Å²) < 4.78 is 0. The SMILES string of the molecule is Cc1ccc(/C=N\NC(=O)c2ccc(N)cc2)s1. The molecule has 5 heteroatoms. The van der Waals surface area contributed by atoms with Crippen LogP contribution in [0.1, 0.15) is 20.1 Å². The van der Waals surface area contributed by atoms with Gasteiger partial charge in [-0.15, -0.1) is 11.3 Å². The number of hydrogen-bond acceptors (Lipinski definition) is 4. The molecule has 1 aromatic heterocycles. The number of anilines is 1. The third kappa shape index (κ3) is 3.18. The number of thiophene rings is 1. The maximum Gasteiger partial charge on any atom is 0.271 e. The molecule has 0 spiro atoms. The zero-order valence-corrected chi connectivity index (χ0v) is 10.7. The first-order valence-corrected chi connectivity index (χ1v) is 6.22. The highest BCUT2D eigenvalue weighted by Crippen LogP contribution is 2.12. The standard InChI is InChI=1S/C13H13N3OS/c1-9-2-7-12(18-9)8-15-16-13(17)10-3-5-11(14)6-4-10/h2-8H,14H2,1H3,(H,16,17)/b15-8-. The average molecular weight is 259 g/mol. The molecule has 0 aliphatic carbocycles. The van der Waals surface area contributed by atoms with E-state index in [1.807, 2.05) is 19.1 Å². The van der Waals surface area contributed by atoms with Crippen LogP contribution in [0.25, 0.3) is 0 Å². The molecule has 1 aromatic carbocycles. The summed E-state index contributed by atoms with van der Waals surface area (Å²) in [5.74, 6) is -0.250. The van der Waals surface area contributed by atoms with Gasteiger partial charge in [0, 0.05) is 21.0 Å². The Morgan fingerprint density at radius 2 is 2.00 bits per heavy atom. The second-order valence-electron chi connectivity index (χ2n) is 3.77. The van der Waals surface area contributed by atoms with Crippen LogP contribution < -0.4 is 11.2 Å². The van der Waals surface area contributed by atoms with Crippen LogP contribution in [-0.2, 0) is 0 Å². The monoisotopic (exact) mass is 259 g/mol. The Kier molecular flexibility index (Phi) is 3.74. The molecule has 0 unspecified atom stereocenters. The van der Waals surface area contributed by atoms with Crippen molar-refractivity contribution in [1.29, 1.82) is 0 Å². The number of aryl methyl sites for hydroxylation is 1. The minimum Gasteiger partial charge on any atom is -0.399 e. The van der Waals surface area contributed by atoms with Crippen molar-refractivity contribution in [2.24, 2.45) is 5.10 Å². The number of rotatable bonds is 3. The molecule has 0 radical (unpaired) electrons. The van der Waals surface area contributed by atoms with Gasteiger partial charge in [0.1, 0.15) is 0 Å². The molecule has 0 aliphatic heterocycles. The Balaban J connectivity index is 1.96. The summed E-state index contributed by atoms with van der Waals surface area (Å²) in [6, 6.07) is 10.7. The van der Waals surface area contributed by atoms with E-state index in [1.54, 1.807) is 41.8 Å². The molecule has 3 N–H and O–H groups in total. The van der Waals surface area contributed by atoms with Crippen molar-refractivity contribution in [1.82, 2.24) is 5.43 Å². The van der Waals surface area contributed by atoms with Crippen molar-refractivity contribution in [3.63, 3.8) is 0 Å². The Hall–Kier alpha value is -2.14. The summed E-state index contributed by atoms with van der Waals surface area (Å²) in [4.78, 5) is 13.9. The molecule has 92 valence electrons. The zero-order valence-electron chi connectivity index (χ0n) is 9.88. The molecule has 0 saturated carbocycles. The summed E-state index contributed by atoms with van der Waals surface area (Å²) in [6.45, 7) is 2.02. The van der Waals surface area contributed by atoms with E-state index in [9.17, 15) is 4.79 Å². The van der Waals surface area contributed by atoms with E-state index in [2.05, 4.69) is 10.5 Å². The van der Waals surface area contributed by atoms with Crippen LogP contribution in [0.2, 0.25) is 0 Å². The highest BCUT2D eigenvalue weighted by atomic mass is 32.1. The lowest BCUT2D eigenvalue weighted by atomic mass is 10.2. The maximum atomic E-state index is 11.7. The smallest absolute Gasteiger partial charge is 0.271 e. The van der Waals surface area contributed by atoms with Crippen molar-refractivity contribution >= 4 is 29.1 Å². The van der Waals surface area contributed by atoms with Gasteiger partial charge in [-0.25, -0.2) is 5.43 Å². The molecule has 18 heavy (non-hydrogen) atoms. The molecule has 4 nitrogen and oxygen atoms in total. The lowest BCUT2D eigenvalue weighted by molar-refractivity contribution is 0.0955. The fourth-order valence-corrected chi connectivity index (χ4v) is 2.13. The van der Waals surface area contributed by atoms with Gasteiger partial charge in [-0.3, -0.25) is 4.79 Å². The summed E-state index contributed by atoms with van der Waals surface area (Å²) >= 11 is 1.62. The molecular formula is C13H13N3OS. The van der Waals surface area contributed by atoms with Gasteiger partial charge in [0.15, 0.2) is 0 Å². The molecule has 2 rings (SSSR count). The Morgan fingerprint density at radius 1 is 1.28 bits per heavy atom. The second kappa shape index (κ2) is 5.46. The topological polar surface area (TPSA) is 67.5 Å². The zero-order chi connectivity index (χ0) is 13.0. The van der Waals surface area contributed by atoms with Crippen molar-refractivity contribution in [2.45, 2.75) is 6.92 Å². The lowest BCUT2D eigenvalue weighted by Gasteiger charge is -1.99. The van der Waals surface area contributed by atoms with Crippen molar-refractivity contribution in [3.05, 3.63) is 51.7 Å². The molecule has 1 amide bonds. The Labute approximate surface area is 109 Å². The number of amides is 1. The number of carbonyl (C=O) groups excluding carboxylic acids is 1. The first kappa shape index (κ1) is 12.3. The van der Waals surface area contributed by atoms with E-state index in [1.165, 1.54) is 4.88 Å². The second-order valence-corrected chi connectivity index (χ2v) is 5.09. The normalized spacial score (nSPS) is 10.7. The van der Waals surface area contributed by atoms with Crippen LogP contribution in [0, 0.1) is 6.92 Å². The van der Waals surface area contributed by atoms with E-state index < -0.39 is 0 Å². The number of carbonyl (C=O) groups is 1. The van der Waals surface area contributed by atoms with E-state index in [0.717, 1.165) is 4.88 Å². The molecule has 2 aromatic rings. The summed E-state index contributed by atoms with van der Waals surface area (Å²) in [5.41, 5.74) is 9.18. The minimum absolute atomic E-state index is 0.250. The van der Waals surface area contributed by atoms with Gasteiger partial charge in [-0.2, -0.15) is 5.10 Å². The lowest BCUT2D eigenvalue weighted by Crippen LogP contribution is -2.17. The predicted octanol–water partition coefficient (Wildman–Crippen LogP) is 2.40. The van der Waals surface area contributed by atoms with Gasteiger partial charge < -0.3 is 5.73 Å². The van der Waals surface area contributed by atoms with Crippen LogP contribution in [0.4, 0.5) is 5.69 Å². The number of nitrogens with two attached hydrogens (primary N) is 1. The van der Waals surface area contributed by atoms with E-state index in [0.29, 0.717) is 11.3 Å². The molecule has 0 atom stereocenters. The van der Waals surface area contributed by atoms with Gasteiger partial charge in [-0.05, 0) is 43.3 Å². The Bertz CT molecular complexity index is 572. The van der Waals surface area contributed by atoms with Gasteiger partial charge in [0.25, 0.3) is 5.91 Å². The fourth-order valence-electron chi connectivity index (χ4n) is 1.38. The van der Waals surface area contributed by atoms with Gasteiger partial charge in [0.2, 0.25) is 0 Å². The molecule has 1 heterocycles. The average Bonchev–Trinajstić information content (AvgIpc) is 2.76. The maximum absolute atomic E-state index is 11.7. The number of nitrogens with zero attached hydrogens (tertiary/aromatic N) is 1. The Morgan fingerprint density at radius 3 is 2.61 bits per heavy atom. The van der Waals surface area contributed by atoms with Crippen LogP contribution in [-0.4, -0.2) is 12.1 Å². The molecule has 0 saturated heterocycles. The third-order valence-corrected chi connectivity index (χ3v) is 3.23. The van der Waals surface area contributed by atoms with Gasteiger partial charge in [-0.1, -0.05) is 0 Å². The van der Waals surface area contributed by atoms with Crippen molar-refractivity contribution in [2.75, 3.05) is 5.73 Å². The first-order valence-electron chi connectivity index (χ1n) is 5.40. The van der Waals surface area contributed by atoms with Crippen molar-refractivity contribution in [3.8, 4) is 0 Å². The van der Waals surface area contributed by atoms with Crippen LogP contribution in [0.5, 0.6) is 0 Å². The summed E-state index contributed by atoms with van der Waals surface area (Å²) in [6.07, 6.45) is 1.63. The third-order valence-electron chi connectivity index (χ3n) is 2.29. The number of nitrogen functional groups attached to an aromatic ring is 1. The molecule has 0 bridgehead atoms. The van der Waals surface area contributed by atoms with E-state index in [-0.39, 0.29) is 5.91 Å². The molecular weight excluding hydrogens is 246 g/mol. The van der Waals surface area contributed by atoms with Gasteiger partial charge in [0.05, 0.1) is 6.21 Å². The quantitative estimate of drug-likeness (QED) is 0.505. The molecule has 0 fully saturated rings. The van der Waals surface area contributed by atoms with E-state index in [4.69, 9.17) is 5.73 Å². The number of nitrogens with one attached hydrogen (secondary N) is 1. The summed E-state index contributed by atoms with van der Waals surface area (Å²) in [7, 11) is 0. The predicted molar refractivity (Wildman–Crippen MR) is 75.0 cm³/mol. The first-order chi connectivity index (χ1) is 8.65. The highest BCUT2D eigenvalue weighted by Gasteiger charge is 2.02. The number of hydrogen-bond donors (Lipinski definition) is 2. The molecule has 0 aliphatic rings. The summed E-state index contributed by atoms with van der Waals surface area (Å²) in [5, 5.41) is 3.91. The van der Waals surface area contributed by atoms with E-state index >= 15 is 0 Å². The highest BCUT2D eigenvalue weighted by molar-refractivity contribution is 7.13. The minimum atomic E-state index is -0.250. The van der Waals surface area contributed by atoms with Crippen LogP contribution in [0.3, 0.4) is 0 Å². The van der Waals surface area contributed by atoms with Crippen LogP contribution in [0.15, 0.2) is 41.5 Å². The largest absolute Gasteiger partial charge is 0.399 e. The number of benzene rings is 1. The number of hydrazone groups is 1. The van der Waals surface area contributed by atoms with Crippen molar-refractivity contribution < 1.29 is 4.79 Å².